The molecule has 0 radical (unpaired) electrons. The molecule has 2 heterocycles. The van der Waals surface area contributed by atoms with Gasteiger partial charge in [-0.1, -0.05) is 6.07 Å². The van der Waals surface area contributed by atoms with Crippen molar-refractivity contribution < 1.29 is 14.1 Å². The van der Waals surface area contributed by atoms with E-state index in [4.69, 9.17) is 0 Å². The van der Waals surface area contributed by atoms with Gasteiger partial charge in [0.1, 0.15) is 12.0 Å². The first-order valence-corrected chi connectivity index (χ1v) is 8.15. The number of imidazole rings is 1. The number of anilines is 1. The highest BCUT2D eigenvalue weighted by Gasteiger charge is 2.27. The lowest BCUT2D eigenvalue weighted by Gasteiger charge is -2.31. The number of nitro groups is 1. The summed E-state index contributed by atoms with van der Waals surface area (Å²) in [5.74, 6) is -0.347. The van der Waals surface area contributed by atoms with Gasteiger partial charge < -0.3 is 19.6 Å². The standard InChI is InChI=1S/C17H19FN4O3/c1-11-5-6-14(18)17-13(11)4-3-8-21(17)16(23)7-9-20-10-15(22(24)25)19-12(20)2/h5-6,10H,3-4,7-9H2,1-2H3. The molecular formula is C17H19FN4O3. The average Bonchev–Trinajstić information content (AvgIpc) is 2.97. The van der Waals surface area contributed by atoms with E-state index in [0.717, 1.165) is 24.0 Å². The minimum Gasteiger partial charge on any atom is -0.358 e. The van der Waals surface area contributed by atoms with Crippen LogP contribution in [0.2, 0.25) is 0 Å². The largest absolute Gasteiger partial charge is 0.381 e. The van der Waals surface area contributed by atoms with E-state index in [-0.39, 0.29) is 30.5 Å². The molecule has 0 atom stereocenters. The highest BCUT2D eigenvalue weighted by atomic mass is 19.1. The topological polar surface area (TPSA) is 81.3 Å². The smallest absolute Gasteiger partial charge is 0.358 e. The van der Waals surface area contributed by atoms with Crippen LogP contribution in [0, 0.1) is 29.8 Å². The second-order valence-electron chi connectivity index (χ2n) is 6.19. The molecule has 2 aromatic rings. The van der Waals surface area contributed by atoms with Gasteiger partial charge in [-0.15, -0.1) is 0 Å². The molecule has 1 aromatic heterocycles. The highest BCUT2D eigenvalue weighted by molar-refractivity contribution is 5.94. The molecule has 1 aromatic carbocycles. The van der Waals surface area contributed by atoms with Crippen LogP contribution in [0.1, 0.15) is 29.8 Å². The van der Waals surface area contributed by atoms with Crippen LogP contribution in [0.15, 0.2) is 18.3 Å². The van der Waals surface area contributed by atoms with Gasteiger partial charge in [-0.2, -0.15) is 0 Å². The van der Waals surface area contributed by atoms with E-state index in [9.17, 15) is 19.3 Å². The lowest BCUT2D eigenvalue weighted by atomic mass is 9.96. The van der Waals surface area contributed by atoms with E-state index < -0.39 is 4.92 Å². The first kappa shape index (κ1) is 17.1. The Hall–Kier alpha value is -2.77. The zero-order chi connectivity index (χ0) is 18.1. The second-order valence-corrected chi connectivity index (χ2v) is 6.19. The number of aromatic nitrogens is 2. The van der Waals surface area contributed by atoms with E-state index >= 15 is 0 Å². The zero-order valence-corrected chi connectivity index (χ0v) is 14.2. The zero-order valence-electron chi connectivity index (χ0n) is 14.2. The molecule has 132 valence electrons. The van der Waals surface area contributed by atoms with E-state index in [0.29, 0.717) is 18.1 Å². The van der Waals surface area contributed by atoms with E-state index in [1.807, 2.05) is 6.92 Å². The van der Waals surface area contributed by atoms with Crippen LogP contribution in [0.3, 0.4) is 0 Å². The predicted octanol–water partition coefficient (Wildman–Crippen LogP) is 2.92. The average molecular weight is 346 g/mol. The van der Waals surface area contributed by atoms with Crippen molar-refractivity contribution >= 4 is 17.4 Å². The fraction of sp³-hybridized carbons (Fsp3) is 0.412. The van der Waals surface area contributed by atoms with Gasteiger partial charge >= 0.3 is 5.82 Å². The van der Waals surface area contributed by atoms with Crippen molar-refractivity contribution in [2.24, 2.45) is 0 Å². The van der Waals surface area contributed by atoms with E-state index in [1.165, 1.54) is 17.2 Å². The van der Waals surface area contributed by atoms with Gasteiger partial charge in [0.05, 0.1) is 5.69 Å². The molecule has 0 N–H and O–H groups in total. The van der Waals surface area contributed by atoms with Crippen molar-refractivity contribution in [3.05, 3.63) is 51.2 Å². The van der Waals surface area contributed by atoms with Crippen LogP contribution in [-0.4, -0.2) is 26.9 Å². The quantitative estimate of drug-likeness (QED) is 0.630. The van der Waals surface area contributed by atoms with Crippen LogP contribution < -0.4 is 4.90 Å². The van der Waals surface area contributed by atoms with Crippen LogP contribution in [0.4, 0.5) is 15.9 Å². The summed E-state index contributed by atoms with van der Waals surface area (Å²) in [6, 6.07) is 3.12. The van der Waals surface area contributed by atoms with E-state index in [2.05, 4.69) is 4.98 Å². The Labute approximate surface area is 144 Å². The van der Waals surface area contributed by atoms with Crippen molar-refractivity contribution in [1.82, 2.24) is 9.55 Å². The Morgan fingerprint density at radius 1 is 1.40 bits per heavy atom. The van der Waals surface area contributed by atoms with Gasteiger partial charge in [-0.05, 0) is 46.9 Å². The van der Waals surface area contributed by atoms with Gasteiger partial charge in [0.25, 0.3) is 0 Å². The Morgan fingerprint density at radius 3 is 2.84 bits per heavy atom. The number of amides is 1. The summed E-state index contributed by atoms with van der Waals surface area (Å²) in [5, 5.41) is 10.8. The van der Waals surface area contributed by atoms with E-state index in [1.54, 1.807) is 17.6 Å². The number of hydrogen-bond acceptors (Lipinski definition) is 4. The Balaban J connectivity index is 1.78. The van der Waals surface area contributed by atoms with Crippen LogP contribution in [0.25, 0.3) is 0 Å². The SMILES string of the molecule is Cc1ccc(F)c2c1CCCN2C(=O)CCn1cc([N+](=O)[O-])nc1C. The van der Waals surface area contributed by atoms with Crippen LogP contribution >= 0.6 is 0 Å². The summed E-state index contributed by atoms with van der Waals surface area (Å²) in [6.07, 6.45) is 2.99. The molecule has 0 fully saturated rings. The van der Waals surface area contributed by atoms with Gasteiger partial charge in [0, 0.05) is 26.4 Å². The maximum atomic E-state index is 14.3. The second kappa shape index (κ2) is 6.62. The van der Waals surface area contributed by atoms with Crippen LogP contribution in [0.5, 0.6) is 0 Å². The number of benzene rings is 1. The first-order valence-electron chi connectivity index (χ1n) is 8.15. The third-order valence-electron chi connectivity index (χ3n) is 4.56. The number of halogens is 1. The summed E-state index contributed by atoms with van der Waals surface area (Å²) >= 11 is 0. The Morgan fingerprint density at radius 2 is 2.16 bits per heavy atom. The molecule has 0 spiro atoms. The van der Waals surface area contributed by atoms with Crippen molar-refractivity contribution in [1.29, 1.82) is 0 Å². The minimum atomic E-state index is -0.565. The normalized spacial score (nSPS) is 13.6. The summed E-state index contributed by atoms with van der Waals surface area (Å²) in [4.78, 5) is 28.2. The summed E-state index contributed by atoms with van der Waals surface area (Å²) in [7, 11) is 0. The molecule has 0 saturated heterocycles. The molecule has 3 rings (SSSR count). The van der Waals surface area contributed by atoms with Gasteiger partial charge in [0.2, 0.25) is 11.7 Å². The first-order chi connectivity index (χ1) is 11.9. The summed E-state index contributed by atoms with van der Waals surface area (Å²) in [6.45, 7) is 4.32. The lowest BCUT2D eigenvalue weighted by Crippen LogP contribution is -2.37. The summed E-state index contributed by atoms with van der Waals surface area (Å²) in [5.41, 5.74) is 2.24. The van der Waals surface area contributed by atoms with Gasteiger partial charge in [-0.25, -0.2) is 4.39 Å². The Bertz CT molecular complexity index is 847. The number of carbonyl (C=O) groups is 1. The molecule has 7 nitrogen and oxygen atoms in total. The van der Waals surface area contributed by atoms with Gasteiger partial charge in [0.15, 0.2) is 0 Å². The molecule has 1 aliphatic heterocycles. The number of carbonyl (C=O) groups excluding carboxylic acids is 1. The minimum absolute atomic E-state index is 0.126. The third kappa shape index (κ3) is 3.24. The molecule has 0 saturated carbocycles. The number of rotatable bonds is 4. The van der Waals surface area contributed by atoms with Crippen molar-refractivity contribution in [3.8, 4) is 0 Å². The number of nitrogens with zero attached hydrogens (tertiary/aromatic N) is 4. The molecule has 25 heavy (non-hydrogen) atoms. The number of aryl methyl sites for hydroxylation is 3. The fourth-order valence-electron chi connectivity index (χ4n) is 3.25. The van der Waals surface area contributed by atoms with Crippen molar-refractivity contribution in [2.45, 2.75) is 39.7 Å². The Kier molecular flexibility index (Phi) is 4.52. The number of fused-ring (bicyclic) bond motifs is 1. The molecule has 8 heteroatoms. The lowest BCUT2D eigenvalue weighted by molar-refractivity contribution is -0.389. The molecule has 0 aliphatic carbocycles. The highest BCUT2D eigenvalue weighted by Crippen LogP contribution is 2.32. The molecule has 0 unspecified atom stereocenters. The van der Waals surface area contributed by atoms with Crippen molar-refractivity contribution in [3.63, 3.8) is 0 Å². The van der Waals surface area contributed by atoms with Gasteiger partial charge in [-0.3, -0.25) is 4.79 Å². The summed E-state index contributed by atoms with van der Waals surface area (Å²) < 4.78 is 15.9. The third-order valence-corrected chi connectivity index (χ3v) is 4.56. The number of hydrogen-bond donors (Lipinski definition) is 0. The maximum absolute atomic E-state index is 14.3. The van der Waals surface area contributed by atoms with Crippen molar-refractivity contribution in [2.75, 3.05) is 11.4 Å². The van der Waals surface area contributed by atoms with Crippen LogP contribution in [-0.2, 0) is 17.8 Å². The fourth-order valence-corrected chi connectivity index (χ4v) is 3.25. The molecule has 0 bridgehead atoms. The molecule has 1 aliphatic rings. The maximum Gasteiger partial charge on any atom is 0.381 e. The monoisotopic (exact) mass is 346 g/mol. The predicted molar refractivity (Wildman–Crippen MR) is 90.0 cm³/mol. The molecular weight excluding hydrogens is 327 g/mol. The molecule has 1 amide bonds.